The van der Waals surface area contributed by atoms with Crippen LogP contribution in [0.4, 0.5) is 16.2 Å². The van der Waals surface area contributed by atoms with Crippen molar-refractivity contribution in [2.24, 2.45) is 0 Å². The molecule has 0 aliphatic carbocycles. The van der Waals surface area contributed by atoms with Crippen LogP contribution in [-0.2, 0) is 9.47 Å². The number of non-ortho nitro benzene ring substituents is 2. The van der Waals surface area contributed by atoms with Gasteiger partial charge in [-0.05, 0) is 71.5 Å². The monoisotopic (exact) mass is 512 g/mol. The van der Waals surface area contributed by atoms with Crippen LogP contribution in [0.15, 0.2) is 97.1 Å². The number of hydrogen-bond acceptors (Lipinski definition) is 7. The molecule has 192 valence electrons. The number of nitro groups is 2. The minimum absolute atomic E-state index is 0.0283. The van der Waals surface area contributed by atoms with E-state index in [2.05, 4.69) is 0 Å². The highest BCUT2D eigenvalue weighted by molar-refractivity contribution is 5.66. The van der Waals surface area contributed by atoms with E-state index in [1.807, 2.05) is 48.5 Å². The zero-order chi connectivity index (χ0) is 27.2. The summed E-state index contributed by atoms with van der Waals surface area (Å²) < 4.78 is 10.9. The highest BCUT2D eigenvalue weighted by Crippen LogP contribution is 2.28. The van der Waals surface area contributed by atoms with Gasteiger partial charge in [-0.2, -0.15) is 0 Å². The van der Waals surface area contributed by atoms with Crippen LogP contribution >= 0.6 is 0 Å². The molecule has 0 aromatic heterocycles. The molecule has 0 saturated heterocycles. The molecule has 0 amide bonds. The fourth-order valence-corrected chi connectivity index (χ4v) is 3.90. The Kier molecular flexibility index (Phi) is 7.77. The largest absolute Gasteiger partial charge is 0.509 e. The van der Waals surface area contributed by atoms with Gasteiger partial charge in [0.15, 0.2) is 0 Å². The second-order valence-electron chi connectivity index (χ2n) is 8.62. The van der Waals surface area contributed by atoms with Crippen LogP contribution in [0.3, 0.4) is 0 Å². The Morgan fingerprint density at radius 3 is 1.08 bits per heavy atom. The van der Waals surface area contributed by atoms with E-state index < -0.39 is 28.2 Å². The Hall–Kier alpha value is -5.05. The van der Waals surface area contributed by atoms with E-state index in [0.29, 0.717) is 0 Å². The molecule has 0 radical (unpaired) electrons. The minimum atomic E-state index is -0.802. The van der Waals surface area contributed by atoms with Gasteiger partial charge < -0.3 is 9.47 Å². The molecule has 0 bridgehead atoms. The van der Waals surface area contributed by atoms with Gasteiger partial charge in [0.1, 0.15) is 12.2 Å². The van der Waals surface area contributed by atoms with E-state index in [1.165, 1.54) is 24.3 Å². The third-order valence-corrected chi connectivity index (χ3v) is 6.13. The number of hydrogen-bond donors (Lipinski definition) is 0. The second kappa shape index (κ2) is 11.3. The van der Waals surface area contributed by atoms with Gasteiger partial charge in [0.05, 0.1) is 9.85 Å². The van der Waals surface area contributed by atoms with Gasteiger partial charge in [0, 0.05) is 24.3 Å². The van der Waals surface area contributed by atoms with Crippen molar-refractivity contribution in [2.75, 3.05) is 0 Å². The van der Waals surface area contributed by atoms with Crippen LogP contribution in [-0.4, -0.2) is 16.0 Å². The van der Waals surface area contributed by atoms with Crippen molar-refractivity contribution in [1.29, 1.82) is 0 Å². The Balaban J connectivity index is 1.33. The molecule has 2 atom stereocenters. The minimum Gasteiger partial charge on any atom is -0.426 e. The van der Waals surface area contributed by atoms with E-state index in [1.54, 1.807) is 38.1 Å². The van der Waals surface area contributed by atoms with Gasteiger partial charge in [-0.1, -0.05) is 48.5 Å². The number of rotatable bonds is 8. The van der Waals surface area contributed by atoms with Crippen molar-refractivity contribution >= 4 is 17.5 Å². The molecule has 0 aliphatic heterocycles. The number of nitrogens with zero attached hydrogens (tertiary/aromatic N) is 2. The standard InChI is InChI=1S/C29H24N2O7/c1-19(21-3-7-23(8-4-21)25-11-15-27(16-12-25)30(33)34)37-29(32)38-20(2)22-5-9-24(10-6-22)26-13-17-28(18-14-26)31(35)36/h3-20H,1-2H3. The Bertz CT molecular complexity index is 1320. The summed E-state index contributed by atoms with van der Waals surface area (Å²) in [5, 5.41) is 21.7. The summed E-state index contributed by atoms with van der Waals surface area (Å²) in [6.45, 7) is 3.48. The van der Waals surface area contributed by atoms with E-state index in [9.17, 15) is 25.0 Å². The first-order chi connectivity index (χ1) is 18.2. The predicted octanol–water partition coefficient (Wildman–Crippen LogP) is 7.81. The molecule has 4 aromatic carbocycles. The summed E-state index contributed by atoms with van der Waals surface area (Å²) in [5.74, 6) is 0. The molecule has 4 rings (SSSR count). The lowest BCUT2D eigenvalue weighted by Gasteiger charge is -2.17. The molecule has 2 unspecified atom stereocenters. The third-order valence-electron chi connectivity index (χ3n) is 6.13. The topological polar surface area (TPSA) is 122 Å². The summed E-state index contributed by atoms with van der Waals surface area (Å²) in [7, 11) is 0. The van der Waals surface area contributed by atoms with E-state index in [0.717, 1.165) is 33.4 Å². The van der Waals surface area contributed by atoms with Crippen LogP contribution in [0, 0.1) is 20.2 Å². The van der Waals surface area contributed by atoms with Gasteiger partial charge in [0.25, 0.3) is 11.4 Å². The first-order valence-electron chi connectivity index (χ1n) is 11.8. The Morgan fingerprint density at radius 2 is 0.816 bits per heavy atom. The van der Waals surface area contributed by atoms with Crippen molar-refractivity contribution in [3.8, 4) is 22.3 Å². The summed E-state index contributed by atoms with van der Waals surface area (Å²) in [5.41, 5.74) is 5.03. The van der Waals surface area contributed by atoms with Crippen molar-refractivity contribution in [3.05, 3.63) is 128 Å². The smallest absolute Gasteiger partial charge is 0.426 e. The van der Waals surface area contributed by atoms with Crippen LogP contribution < -0.4 is 0 Å². The highest BCUT2D eigenvalue weighted by Gasteiger charge is 2.17. The average Bonchev–Trinajstić information content (AvgIpc) is 2.93. The van der Waals surface area contributed by atoms with Crippen LogP contribution in [0.1, 0.15) is 37.2 Å². The molecular formula is C29H24N2O7. The van der Waals surface area contributed by atoms with Crippen molar-refractivity contribution in [2.45, 2.75) is 26.1 Å². The molecule has 0 heterocycles. The molecule has 0 fully saturated rings. The van der Waals surface area contributed by atoms with Crippen molar-refractivity contribution < 1.29 is 24.1 Å². The highest BCUT2D eigenvalue weighted by atomic mass is 16.7. The number of benzene rings is 4. The number of nitro benzene ring substituents is 2. The molecule has 0 saturated carbocycles. The maximum Gasteiger partial charge on any atom is 0.509 e. The molecule has 0 aliphatic rings. The Labute approximate surface area is 218 Å². The fraction of sp³-hybridized carbons (Fsp3) is 0.138. The fourth-order valence-electron chi connectivity index (χ4n) is 3.90. The zero-order valence-electron chi connectivity index (χ0n) is 20.6. The quantitative estimate of drug-likeness (QED) is 0.134. The van der Waals surface area contributed by atoms with E-state index in [-0.39, 0.29) is 11.4 Å². The second-order valence-corrected chi connectivity index (χ2v) is 8.62. The molecule has 9 nitrogen and oxygen atoms in total. The maximum absolute atomic E-state index is 12.4. The number of carbonyl (C=O) groups excluding carboxylic acids is 1. The van der Waals surface area contributed by atoms with Crippen molar-refractivity contribution in [1.82, 2.24) is 0 Å². The summed E-state index contributed by atoms with van der Waals surface area (Å²) in [6.07, 6.45) is -1.90. The SMILES string of the molecule is CC(OC(=O)OC(C)c1ccc(-c2ccc([N+](=O)[O-])cc2)cc1)c1ccc(-c2ccc([N+](=O)[O-])cc2)cc1. The third kappa shape index (κ3) is 6.19. The predicted molar refractivity (Wildman–Crippen MR) is 141 cm³/mol. The van der Waals surface area contributed by atoms with Crippen LogP contribution in [0.2, 0.25) is 0 Å². The average molecular weight is 513 g/mol. The first kappa shape index (κ1) is 26.0. The molecule has 0 N–H and O–H groups in total. The molecule has 4 aromatic rings. The molecule has 9 heteroatoms. The lowest BCUT2D eigenvalue weighted by atomic mass is 10.0. The summed E-state index contributed by atoms with van der Waals surface area (Å²) >= 11 is 0. The van der Waals surface area contributed by atoms with Gasteiger partial charge in [0.2, 0.25) is 0 Å². The Morgan fingerprint density at radius 1 is 0.553 bits per heavy atom. The maximum atomic E-state index is 12.4. The van der Waals surface area contributed by atoms with Gasteiger partial charge in [-0.3, -0.25) is 20.2 Å². The lowest BCUT2D eigenvalue weighted by molar-refractivity contribution is -0.385. The first-order valence-corrected chi connectivity index (χ1v) is 11.8. The molecular weight excluding hydrogens is 488 g/mol. The summed E-state index contributed by atoms with van der Waals surface area (Å²) in [4.78, 5) is 33.2. The number of carbonyl (C=O) groups is 1. The van der Waals surface area contributed by atoms with Crippen LogP contribution in [0.25, 0.3) is 22.3 Å². The molecule has 38 heavy (non-hydrogen) atoms. The van der Waals surface area contributed by atoms with Crippen molar-refractivity contribution in [3.63, 3.8) is 0 Å². The summed E-state index contributed by atoms with van der Waals surface area (Å²) in [6, 6.07) is 27.3. The zero-order valence-corrected chi connectivity index (χ0v) is 20.6. The van der Waals surface area contributed by atoms with Crippen LogP contribution in [0.5, 0.6) is 0 Å². The van der Waals surface area contributed by atoms with Gasteiger partial charge in [-0.25, -0.2) is 4.79 Å². The van der Waals surface area contributed by atoms with E-state index >= 15 is 0 Å². The number of ether oxygens (including phenoxy) is 2. The molecule has 0 spiro atoms. The van der Waals surface area contributed by atoms with E-state index in [4.69, 9.17) is 9.47 Å². The lowest BCUT2D eigenvalue weighted by Crippen LogP contribution is -2.13. The van der Waals surface area contributed by atoms with Gasteiger partial charge >= 0.3 is 6.16 Å². The normalized spacial score (nSPS) is 12.3. The van der Waals surface area contributed by atoms with Gasteiger partial charge in [-0.15, -0.1) is 0 Å².